The molecule has 1 heterocycles. The molecule has 0 aromatic carbocycles. The molecule has 0 aliphatic heterocycles. The highest BCUT2D eigenvalue weighted by Crippen LogP contribution is 2.01. The van der Waals surface area contributed by atoms with Crippen LogP contribution >= 0.6 is 0 Å². The lowest BCUT2D eigenvalue weighted by atomic mass is 10.3. The van der Waals surface area contributed by atoms with E-state index in [1.807, 2.05) is 73.1 Å². The molecule has 92 valence electrons. The van der Waals surface area contributed by atoms with Crippen LogP contribution in [0.1, 0.15) is 47.2 Å². The minimum atomic E-state index is 1.04. The summed E-state index contributed by atoms with van der Waals surface area (Å²) in [6, 6.07) is 4.08. The van der Waals surface area contributed by atoms with Crippen LogP contribution in [0.4, 0.5) is 0 Å². The van der Waals surface area contributed by atoms with Crippen LogP contribution < -0.4 is 0 Å². The smallest absolute Gasteiger partial charge is 0.0619 e. The highest BCUT2D eigenvalue weighted by Gasteiger charge is 1.98. The molecule has 2 heteroatoms. The Kier molecular flexibility index (Phi) is 12.6. The molecule has 0 radical (unpaired) electrons. The molecule has 0 saturated heterocycles. The second-order valence-electron chi connectivity index (χ2n) is 2.70. The Hall–Kier alpha value is -1.31. The first-order valence-electron chi connectivity index (χ1n) is 6.03. The fraction of sp³-hybridized carbons (Fsp3) is 0.500. The van der Waals surface area contributed by atoms with Crippen LogP contribution in [0.2, 0.25) is 0 Å². The summed E-state index contributed by atoms with van der Waals surface area (Å²) in [5.74, 6) is 0. The summed E-state index contributed by atoms with van der Waals surface area (Å²) in [5.41, 5.74) is 2.20. The molecule has 0 atom stereocenters. The van der Waals surface area contributed by atoms with E-state index >= 15 is 0 Å². The van der Waals surface area contributed by atoms with Gasteiger partial charge in [-0.2, -0.15) is 0 Å². The average Bonchev–Trinajstić information content (AvgIpc) is 2.77. The molecule has 0 saturated carbocycles. The SMILES string of the molecule is C/C=C\N=C(C)c1cccn1C.CC.CC. The van der Waals surface area contributed by atoms with Gasteiger partial charge in [0, 0.05) is 19.4 Å². The maximum absolute atomic E-state index is 4.26. The van der Waals surface area contributed by atoms with Crippen LogP contribution in [0, 0.1) is 0 Å². The number of aryl methyl sites for hydroxylation is 1. The van der Waals surface area contributed by atoms with Crippen LogP contribution in [-0.2, 0) is 7.05 Å². The molecule has 0 amide bonds. The molecule has 0 N–H and O–H groups in total. The van der Waals surface area contributed by atoms with Gasteiger partial charge in [-0.3, -0.25) is 4.99 Å². The second kappa shape index (κ2) is 11.8. The standard InChI is InChI=1S/C10H14N2.2C2H6/c1-4-7-11-9(2)10-6-5-8-12(10)3;2*1-2/h4-8H,1-3H3;2*1-2H3/b7-4-,11-9?;;. The first-order chi connectivity index (χ1) is 7.75. The van der Waals surface area contributed by atoms with Gasteiger partial charge in [0.05, 0.1) is 11.4 Å². The minimum Gasteiger partial charge on any atom is -0.350 e. The van der Waals surface area contributed by atoms with Gasteiger partial charge in [-0.05, 0) is 26.0 Å². The zero-order valence-electron chi connectivity index (χ0n) is 11.8. The average molecular weight is 222 g/mol. The summed E-state index contributed by atoms with van der Waals surface area (Å²) in [5, 5.41) is 0. The van der Waals surface area contributed by atoms with Crippen molar-refractivity contribution < 1.29 is 0 Å². The van der Waals surface area contributed by atoms with E-state index in [1.54, 1.807) is 0 Å². The van der Waals surface area contributed by atoms with Crippen LogP contribution in [-0.4, -0.2) is 10.3 Å². The largest absolute Gasteiger partial charge is 0.350 e. The topological polar surface area (TPSA) is 17.3 Å². The van der Waals surface area contributed by atoms with Crippen LogP contribution in [0.15, 0.2) is 35.6 Å². The Morgan fingerprint density at radius 2 is 1.81 bits per heavy atom. The van der Waals surface area contributed by atoms with E-state index in [4.69, 9.17) is 0 Å². The Morgan fingerprint density at radius 1 is 1.25 bits per heavy atom. The van der Waals surface area contributed by atoms with Crippen molar-refractivity contribution in [1.82, 2.24) is 4.57 Å². The molecular weight excluding hydrogens is 196 g/mol. The Morgan fingerprint density at radius 3 is 2.19 bits per heavy atom. The Bertz CT molecular complexity index is 306. The van der Waals surface area contributed by atoms with E-state index in [-0.39, 0.29) is 0 Å². The Balaban J connectivity index is 0. The molecule has 2 nitrogen and oxygen atoms in total. The number of aliphatic imine (C=N–C) groups is 1. The van der Waals surface area contributed by atoms with Crippen molar-refractivity contribution in [2.24, 2.45) is 12.0 Å². The fourth-order valence-electron chi connectivity index (χ4n) is 1.09. The number of aromatic nitrogens is 1. The third-order valence-electron chi connectivity index (χ3n) is 1.73. The molecule has 1 rings (SSSR count). The molecular formula is C14H26N2. The highest BCUT2D eigenvalue weighted by molar-refractivity contribution is 5.97. The molecule has 1 aromatic heterocycles. The van der Waals surface area contributed by atoms with E-state index < -0.39 is 0 Å². The van der Waals surface area contributed by atoms with Crippen molar-refractivity contribution >= 4 is 5.71 Å². The molecule has 0 bridgehead atoms. The number of nitrogens with zero attached hydrogens (tertiary/aromatic N) is 2. The van der Waals surface area contributed by atoms with Gasteiger partial charge >= 0.3 is 0 Å². The zero-order chi connectivity index (χ0) is 13.0. The molecule has 0 aliphatic rings. The van der Waals surface area contributed by atoms with Crippen molar-refractivity contribution in [2.45, 2.75) is 41.5 Å². The van der Waals surface area contributed by atoms with Crippen molar-refractivity contribution in [1.29, 1.82) is 0 Å². The summed E-state index contributed by atoms with van der Waals surface area (Å²) >= 11 is 0. The first-order valence-corrected chi connectivity index (χ1v) is 6.03. The molecule has 1 aromatic rings. The third-order valence-corrected chi connectivity index (χ3v) is 1.73. The number of hydrogen-bond acceptors (Lipinski definition) is 1. The number of hydrogen-bond donors (Lipinski definition) is 0. The summed E-state index contributed by atoms with van der Waals surface area (Å²) in [6.45, 7) is 12.0. The van der Waals surface area contributed by atoms with Crippen molar-refractivity contribution in [3.63, 3.8) is 0 Å². The van der Waals surface area contributed by atoms with Gasteiger partial charge in [0.2, 0.25) is 0 Å². The van der Waals surface area contributed by atoms with Gasteiger partial charge in [0.25, 0.3) is 0 Å². The molecule has 0 unspecified atom stereocenters. The van der Waals surface area contributed by atoms with Gasteiger partial charge in [0.15, 0.2) is 0 Å². The summed E-state index contributed by atoms with van der Waals surface area (Å²) < 4.78 is 2.06. The Labute approximate surface area is 101 Å². The van der Waals surface area contributed by atoms with Crippen molar-refractivity contribution in [3.05, 3.63) is 36.3 Å². The van der Waals surface area contributed by atoms with Crippen molar-refractivity contribution in [3.8, 4) is 0 Å². The summed E-state index contributed by atoms with van der Waals surface area (Å²) in [7, 11) is 2.02. The van der Waals surface area contributed by atoms with Gasteiger partial charge in [-0.25, -0.2) is 0 Å². The molecule has 0 fully saturated rings. The normalized spacial score (nSPS) is 10.3. The maximum atomic E-state index is 4.26. The predicted octanol–water partition coefficient (Wildman–Crippen LogP) is 4.42. The van der Waals surface area contributed by atoms with E-state index in [0.29, 0.717) is 0 Å². The fourth-order valence-corrected chi connectivity index (χ4v) is 1.09. The van der Waals surface area contributed by atoms with Gasteiger partial charge in [0.1, 0.15) is 0 Å². The second-order valence-corrected chi connectivity index (χ2v) is 2.70. The minimum absolute atomic E-state index is 1.04. The van der Waals surface area contributed by atoms with E-state index in [9.17, 15) is 0 Å². The maximum Gasteiger partial charge on any atom is 0.0619 e. The number of rotatable bonds is 2. The summed E-state index contributed by atoms with van der Waals surface area (Å²) in [6.07, 6.45) is 5.75. The first kappa shape index (κ1) is 17.1. The monoisotopic (exact) mass is 222 g/mol. The lowest BCUT2D eigenvalue weighted by Crippen LogP contribution is -2.01. The van der Waals surface area contributed by atoms with Crippen molar-refractivity contribution in [2.75, 3.05) is 0 Å². The predicted molar refractivity (Wildman–Crippen MR) is 75.1 cm³/mol. The van der Waals surface area contributed by atoms with E-state index in [2.05, 4.69) is 15.6 Å². The van der Waals surface area contributed by atoms with E-state index in [0.717, 1.165) is 11.4 Å². The molecule has 16 heavy (non-hydrogen) atoms. The third kappa shape index (κ3) is 6.23. The highest BCUT2D eigenvalue weighted by atomic mass is 14.9. The number of allylic oxidation sites excluding steroid dienone is 1. The van der Waals surface area contributed by atoms with Gasteiger partial charge in [-0.1, -0.05) is 33.8 Å². The lowest BCUT2D eigenvalue weighted by molar-refractivity contribution is 0.913. The van der Waals surface area contributed by atoms with Gasteiger partial charge in [-0.15, -0.1) is 0 Å². The van der Waals surface area contributed by atoms with E-state index in [1.165, 1.54) is 0 Å². The van der Waals surface area contributed by atoms with Crippen LogP contribution in [0.5, 0.6) is 0 Å². The quantitative estimate of drug-likeness (QED) is 0.659. The summed E-state index contributed by atoms with van der Waals surface area (Å²) in [4.78, 5) is 4.26. The van der Waals surface area contributed by atoms with Crippen LogP contribution in [0.25, 0.3) is 0 Å². The van der Waals surface area contributed by atoms with Gasteiger partial charge < -0.3 is 4.57 Å². The molecule has 0 aliphatic carbocycles. The van der Waals surface area contributed by atoms with Crippen LogP contribution in [0.3, 0.4) is 0 Å². The molecule has 0 spiro atoms. The zero-order valence-corrected chi connectivity index (χ0v) is 11.8. The lowest BCUT2D eigenvalue weighted by Gasteiger charge is -1.99.